The largest absolute Gasteiger partial charge is 0.493 e. The van der Waals surface area contributed by atoms with Gasteiger partial charge in [0.05, 0.1) is 37.5 Å². The number of benzene rings is 2. The van der Waals surface area contributed by atoms with Gasteiger partial charge in [0.15, 0.2) is 18.0 Å². The Hall–Kier alpha value is -2.24. The van der Waals surface area contributed by atoms with Crippen LogP contribution in [0.3, 0.4) is 0 Å². The monoisotopic (exact) mass is 377 g/mol. The molecule has 5 nitrogen and oxygen atoms in total. The van der Waals surface area contributed by atoms with E-state index in [4.69, 9.17) is 21.1 Å². The molecule has 0 aliphatic rings. The van der Waals surface area contributed by atoms with Crippen molar-refractivity contribution >= 4 is 23.2 Å². The van der Waals surface area contributed by atoms with Crippen molar-refractivity contribution < 1.29 is 19.2 Å². The highest BCUT2D eigenvalue weighted by molar-refractivity contribution is 6.34. The first-order chi connectivity index (χ1) is 12.3. The zero-order valence-corrected chi connectivity index (χ0v) is 16.7. The Morgan fingerprint density at radius 2 is 1.92 bits per heavy atom. The first-order valence-corrected chi connectivity index (χ1v) is 8.81. The Kier molecular flexibility index (Phi) is 6.89. The van der Waals surface area contributed by atoms with Crippen LogP contribution in [0.2, 0.25) is 5.02 Å². The number of ether oxygens (including phenoxy) is 2. The lowest BCUT2D eigenvalue weighted by molar-refractivity contribution is -0.885. The van der Waals surface area contributed by atoms with Crippen LogP contribution in [0.4, 0.5) is 5.69 Å². The molecule has 6 heteroatoms. The number of amides is 1. The van der Waals surface area contributed by atoms with Crippen molar-refractivity contribution in [3.8, 4) is 11.5 Å². The summed E-state index contributed by atoms with van der Waals surface area (Å²) < 4.78 is 10.8. The first-order valence-electron chi connectivity index (χ1n) is 8.43. The molecular formula is C20H26ClN2O3+. The standard InChI is InChI=1S/C20H25ClN2O3/c1-13-9-14(2)19(16(21)10-13)22-18(24)12-23(3)11-15-7-6-8-17(25-4)20(15)26-5/h6-10H,11-12H2,1-5H3,(H,22,24)/p+1. The normalized spacial score (nSPS) is 11.8. The minimum atomic E-state index is -0.0850. The second-order valence-corrected chi connectivity index (χ2v) is 6.86. The highest BCUT2D eigenvalue weighted by atomic mass is 35.5. The summed E-state index contributed by atoms with van der Waals surface area (Å²) in [6, 6.07) is 9.59. The molecule has 0 radical (unpaired) electrons. The molecule has 1 atom stereocenters. The second-order valence-electron chi connectivity index (χ2n) is 6.45. The fourth-order valence-corrected chi connectivity index (χ4v) is 3.38. The molecule has 2 N–H and O–H groups in total. The third-order valence-electron chi connectivity index (χ3n) is 4.14. The number of halogens is 1. The molecule has 2 aromatic rings. The van der Waals surface area contributed by atoms with Gasteiger partial charge in [-0.25, -0.2) is 0 Å². The van der Waals surface area contributed by atoms with E-state index in [0.29, 0.717) is 35.3 Å². The van der Waals surface area contributed by atoms with Crippen LogP contribution in [0.25, 0.3) is 0 Å². The lowest BCUT2D eigenvalue weighted by Gasteiger charge is -2.18. The molecule has 2 rings (SSSR count). The maximum absolute atomic E-state index is 12.4. The number of rotatable bonds is 7. The summed E-state index contributed by atoms with van der Waals surface area (Å²) in [4.78, 5) is 13.5. The number of carbonyl (C=O) groups excluding carboxylic acids is 1. The smallest absolute Gasteiger partial charge is 0.279 e. The molecule has 0 aromatic heterocycles. The van der Waals surface area contributed by atoms with Crippen LogP contribution in [-0.4, -0.2) is 33.7 Å². The van der Waals surface area contributed by atoms with Crippen molar-refractivity contribution in [1.82, 2.24) is 0 Å². The number of aryl methyl sites for hydroxylation is 2. The average molecular weight is 378 g/mol. The predicted molar refractivity (Wildman–Crippen MR) is 105 cm³/mol. The quantitative estimate of drug-likeness (QED) is 0.780. The van der Waals surface area contributed by atoms with Crippen molar-refractivity contribution in [3.63, 3.8) is 0 Å². The Morgan fingerprint density at radius 1 is 1.19 bits per heavy atom. The predicted octanol–water partition coefficient (Wildman–Crippen LogP) is 2.63. The van der Waals surface area contributed by atoms with Crippen LogP contribution in [0, 0.1) is 13.8 Å². The fourth-order valence-electron chi connectivity index (χ4n) is 3.01. The molecule has 0 spiro atoms. The number of nitrogens with one attached hydrogen (secondary N) is 2. The lowest BCUT2D eigenvalue weighted by Crippen LogP contribution is -3.08. The minimum Gasteiger partial charge on any atom is -0.493 e. The van der Waals surface area contributed by atoms with Crippen LogP contribution >= 0.6 is 11.6 Å². The Labute approximate surface area is 159 Å². The summed E-state index contributed by atoms with van der Waals surface area (Å²) in [5.41, 5.74) is 3.68. The number of anilines is 1. The number of hydrogen-bond donors (Lipinski definition) is 2. The van der Waals surface area contributed by atoms with E-state index in [9.17, 15) is 4.79 Å². The van der Waals surface area contributed by atoms with Gasteiger partial charge in [0.2, 0.25) is 0 Å². The zero-order chi connectivity index (χ0) is 19.3. The molecule has 2 aromatic carbocycles. The number of methoxy groups -OCH3 is 2. The van der Waals surface area contributed by atoms with Gasteiger partial charge in [-0.1, -0.05) is 23.7 Å². The van der Waals surface area contributed by atoms with Crippen LogP contribution in [0.5, 0.6) is 11.5 Å². The van der Waals surface area contributed by atoms with Crippen LogP contribution < -0.4 is 19.7 Å². The summed E-state index contributed by atoms with van der Waals surface area (Å²) in [5.74, 6) is 1.30. The van der Waals surface area contributed by atoms with Gasteiger partial charge >= 0.3 is 0 Å². The summed E-state index contributed by atoms with van der Waals surface area (Å²) in [6.07, 6.45) is 0. The topological polar surface area (TPSA) is 52.0 Å². The zero-order valence-electron chi connectivity index (χ0n) is 15.9. The third-order valence-corrected chi connectivity index (χ3v) is 4.43. The van der Waals surface area contributed by atoms with E-state index < -0.39 is 0 Å². The van der Waals surface area contributed by atoms with Crippen molar-refractivity contribution in [2.75, 3.05) is 33.1 Å². The van der Waals surface area contributed by atoms with Gasteiger partial charge < -0.3 is 19.7 Å². The summed E-state index contributed by atoms with van der Waals surface area (Å²) in [7, 11) is 5.19. The minimum absolute atomic E-state index is 0.0850. The average Bonchev–Trinajstić information content (AvgIpc) is 2.57. The number of para-hydroxylation sites is 1. The number of hydrogen-bond acceptors (Lipinski definition) is 3. The van der Waals surface area contributed by atoms with E-state index in [1.54, 1.807) is 14.2 Å². The number of carbonyl (C=O) groups is 1. The van der Waals surface area contributed by atoms with Crippen molar-refractivity contribution in [3.05, 3.63) is 52.0 Å². The van der Waals surface area contributed by atoms with Crippen LogP contribution in [-0.2, 0) is 11.3 Å². The van der Waals surface area contributed by atoms with E-state index in [-0.39, 0.29) is 5.91 Å². The summed E-state index contributed by atoms with van der Waals surface area (Å²) >= 11 is 6.27. The maximum atomic E-state index is 12.4. The molecule has 1 amide bonds. The highest BCUT2D eigenvalue weighted by Crippen LogP contribution is 2.30. The molecule has 140 valence electrons. The van der Waals surface area contributed by atoms with E-state index in [0.717, 1.165) is 21.6 Å². The van der Waals surface area contributed by atoms with E-state index in [1.807, 2.05) is 51.2 Å². The molecular weight excluding hydrogens is 352 g/mol. The Morgan fingerprint density at radius 3 is 2.54 bits per heavy atom. The fraction of sp³-hybridized carbons (Fsp3) is 0.350. The molecule has 0 saturated heterocycles. The van der Waals surface area contributed by atoms with Gasteiger partial charge in [0.1, 0.15) is 6.54 Å². The number of quaternary nitrogens is 1. The van der Waals surface area contributed by atoms with Gasteiger partial charge in [-0.15, -0.1) is 0 Å². The molecule has 0 bridgehead atoms. The Bertz CT molecular complexity index is 770. The maximum Gasteiger partial charge on any atom is 0.279 e. The first kappa shape index (κ1) is 20.1. The van der Waals surface area contributed by atoms with E-state index in [2.05, 4.69) is 5.32 Å². The van der Waals surface area contributed by atoms with E-state index >= 15 is 0 Å². The van der Waals surface area contributed by atoms with Crippen molar-refractivity contribution in [2.24, 2.45) is 0 Å². The van der Waals surface area contributed by atoms with Gasteiger partial charge in [-0.05, 0) is 43.2 Å². The number of likely N-dealkylation sites (N-methyl/N-ethyl adjacent to an activating group) is 1. The molecule has 1 unspecified atom stereocenters. The summed E-state index contributed by atoms with van der Waals surface area (Å²) in [5, 5.41) is 3.48. The third kappa shape index (κ3) is 4.90. The second kappa shape index (κ2) is 8.92. The summed E-state index contributed by atoms with van der Waals surface area (Å²) in [6.45, 7) is 4.86. The molecule has 0 fully saturated rings. The molecule has 26 heavy (non-hydrogen) atoms. The highest BCUT2D eigenvalue weighted by Gasteiger charge is 2.17. The molecule has 0 aliphatic heterocycles. The lowest BCUT2D eigenvalue weighted by atomic mass is 10.1. The molecule has 0 heterocycles. The molecule has 0 aliphatic carbocycles. The van der Waals surface area contributed by atoms with E-state index in [1.165, 1.54) is 0 Å². The molecule has 0 saturated carbocycles. The van der Waals surface area contributed by atoms with Gasteiger partial charge in [-0.3, -0.25) is 4.79 Å². The van der Waals surface area contributed by atoms with Crippen LogP contribution in [0.15, 0.2) is 30.3 Å². The Balaban J connectivity index is 2.05. The van der Waals surface area contributed by atoms with Crippen LogP contribution in [0.1, 0.15) is 16.7 Å². The van der Waals surface area contributed by atoms with Gasteiger partial charge in [0, 0.05) is 0 Å². The van der Waals surface area contributed by atoms with Crippen molar-refractivity contribution in [2.45, 2.75) is 20.4 Å². The van der Waals surface area contributed by atoms with Gasteiger partial charge in [0.25, 0.3) is 5.91 Å². The van der Waals surface area contributed by atoms with Gasteiger partial charge in [-0.2, -0.15) is 0 Å². The SMILES string of the molecule is COc1cccc(C[NH+](C)CC(=O)Nc2c(C)cc(C)cc2Cl)c1OC. The van der Waals surface area contributed by atoms with Crippen molar-refractivity contribution in [1.29, 1.82) is 0 Å².